The Balaban J connectivity index is 2.07. The van der Waals surface area contributed by atoms with E-state index in [1.54, 1.807) is 7.11 Å². The zero-order valence-electron chi connectivity index (χ0n) is 13.0. The Labute approximate surface area is 126 Å². The van der Waals surface area contributed by atoms with Crippen LogP contribution in [0.25, 0.3) is 11.4 Å². The molecule has 0 aliphatic heterocycles. The van der Waals surface area contributed by atoms with Gasteiger partial charge in [-0.2, -0.15) is 0 Å². The number of rotatable bonds is 7. The van der Waals surface area contributed by atoms with Gasteiger partial charge in [-0.25, -0.2) is 9.97 Å². The van der Waals surface area contributed by atoms with Gasteiger partial charge in [-0.05, 0) is 32.4 Å². The number of nitrogens with one attached hydrogen (secondary N) is 1. The molecule has 0 amide bonds. The molecule has 0 fully saturated rings. The molecule has 0 radical (unpaired) electrons. The van der Waals surface area contributed by atoms with E-state index in [0.29, 0.717) is 0 Å². The lowest BCUT2D eigenvalue weighted by atomic mass is 10.1. The fourth-order valence-electron chi connectivity index (χ4n) is 2.33. The summed E-state index contributed by atoms with van der Waals surface area (Å²) in [5.41, 5.74) is 4.43. The number of ether oxygens (including phenoxy) is 1. The highest BCUT2D eigenvalue weighted by atomic mass is 16.5. The molecule has 0 saturated carbocycles. The second-order valence-corrected chi connectivity index (χ2v) is 5.06. The molecule has 112 valence electrons. The number of aromatic nitrogens is 2. The van der Waals surface area contributed by atoms with E-state index in [4.69, 9.17) is 4.74 Å². The van der Waals surface area contributed by atoms with Crippen LogP contribution in [-0.4, -0.2) is 36.8 Å². The van der Waals surface area contributed by atoms with Crippen LogP contribution >= 0.6 is 0 Å². The molecule has 0 bridgehead atoms. The average molecular weight is 285 g/mol. The van der Waals surface area contributed by atoms with Crippen LogP contribution in [0.5, 0.6) is 0 Å². The van der Waals surface area contributed by atoms with Gasteiger partial charge < -0.3 is 10.1 Å². The van der Waals surface area contributed by atoms with Crippen LogP contribution in [0.2, 0.25) is 0 Å². The van der Waals surface area contributed by atoms with Crippen molar-refractivity contribution < 1.29 is 4.74 Å². The van der Waals surface area contributed by atoms with Gasteiger partial charge in [-0.15, -0.1) is 0 Å². The fraction of sp³-hybridized carbons (Fsp3) is 0.412. The third-order valence-corrected chi connectivity index (χ3v) is 3.49. The second-order valence-electron chi connectivity index (χ2n) is 5.06. The first-order chi connectivity index (χ1) is 10.2. The largest absolute Gasteiger partial charge is 0.383 e. The van der Waals surface area contributed by atoms with Crippen LogP contribution in [0.1, 0.15) is 17.0 Å². The minimum Gasteiger partial charge on any atom is -0.383 e. The van der Waals surface area contributed by atoms with E-state index in [1.165, 1.54) is 5.56 Å². The highest BCUT2D eigenvalue weighted by Gasteiger charge is 2.09. The maximum Gasteiger partial charge on any atom is 0.159 e. The van der Waals surface area contributed by atoms with Crippen LogP contribution in [-0.2, 0) is 11.2 Å². The van der Waals surface area contributed by atoms with E-state index < -0.39 is 0 Å². The van der Waals surface area contributed by atoms with E-state index in [-0.39, 0.29) is 0 Å². The highest BCUT2D eigenvalue weighted by molar-refractivity contribution is 5.55. The SMILES string of the molecule is COCCNCCc1c(C)nc(-c2ccccc2)nc1C. The third-order valence-electron chi connectivity index (χ3n) is 3.49. The molecule has 1 aromatic carbocycles. The summed E-state index contributed by atoms with van der Waals surface area (Å²) < 4.78 is 5.02. The summed E-state index contributed by atoms with van der Waals surface area (Å²) >= 11 is 0. The van der Waals surface area contributed by atoms with E-state index >= 15 is 0 Å². The molecule has 0 spiro atoms. The summed E-state index contributed by atoms with van der Waals surface area (Å²) in [7, 11) is 1.71. The molecule has 0 saturated heterocycles. The van der Waals surface area contributed by atoms with Gasteiger partial charge in [-0.3, -0.25) is 0 Å². The van der Waals surface area contributed by atoms with Gasteiger partial charge in [0, 0.05) is 30.6 Å². The van der Waals surface area contributed by atoms with E-state index in [0.717, 1.165) is 48.9 Å². The highest BCUT2D eigenvalue weighted by Crippen LogP contribution is 2.18. The Morgan fingerprint density at radius 1 is 1.00 bits per heavy atom. The lowest BCUT2D eigenvalue weighted by molar-refractivity contribution is 0.199. The standard InChI is InChI=1S/C17H23N3O/c1-13-16(9-10-18-11-12-21-3)14(2)20-17(19-13)15-7-5-4-6-8-15/h4-8,18H,9-12H2,1-3H3. The minimum atomic E-state index is 0.738. The molecule has 1 N–H and O–H groups in total. The van der Waals surface area contributed by atoms with Crippen LogP contribution in [0.3, 0.4) is 0 Å². The van der Waals surface area contributed by atoms with Crippen molar-refractivity contribution in [2.45, 2.75) is 20.3 Å². The smallest absolute Gasteiger partial charge is 0.159 e. The summed E-state index contributed by atoms with van der Waals surface area (Å²) in [5.74, 6) is 0.807. The number of nitrogens with zero attached hydrogens (tertiary/aromatic N) is 2. The number of hydrogen-bond acceptors (Lipinski definition) is 4. The lowest BCUT2D eigenvalue weighted by Gasteiger charge is -2.11. The van der Waals surface area contributed by atoms with Crippen molar-refractivity contribution in [2.75, 3.05) is 26.8 Å². The first-order valence-corrected chi connectivity index (χ1v) is 7.31. The number of aryl methyl sites for hydroxylation is 2. The van der Waals surface area contributed by atoms with Crippen molar-refractivity contribution in [3.63, 3.8) is 0 Å². The monoisotopic (exact) mass is 285 g/mol. The molecular formula is C17H23N3O. The quantitative estimate of drug-likeness (QED) is 0.794. The van der Waals surface area contributed by atoms with Gasteiger partial charge in [0.15, 0.2) is 5.82 Å². The van der Waals surface area contributed by atoms with E-state index in [2.05, 4.69) is 29.1 Å². The normalized spacial score (nSPS) is 10.8. The fourth-order valence-corrected chi connectivity index (χ4v) is 2.33. The zero-order chi connectivity index (χ0) is 15.1. The molecular weight excluding hydrogens is 262 g/mol. The minimum absolute atomic E-state index is 0.738. The molecule has 0 atom stereocenters. The summed E-state index contributed by atoms with van der Waals surface area (Å²) in [6.45, 7) is 6.65. The molecule has 0 unspecified atom stereocenters. The maximum absolute atomic E-state index is 5.02. The summed E-state index contributed by atoms with van der Waals surface area (Å²) in [6.07, 6.45) is 0.941. The first kappa shape index (κ1) is 15.6. The Morgan fingerprint density at radius 3 is 2.29 bits per heavy atom. The van der Waals surface area contributed by atoms with Crippen molar-refractivity contribution in [2.24, 2.45) is 0 Å². The number of benzene rings is 1. The van der Waals surface area contributed by atoms with Crippen molar-refractivity contribution in [1.82, 2.24) is 15.3 Å². The van der Waals surface area contributed by atoms with Gasteiger partial charge in [0.1, 0.15) is 0 Å². The topological polar surface area (TPSA) is 47.0 Å². The average Bonchev–Trinajstić information content (AvgIpc) is 2.50. The first-order valence-electron chi connectivity index (χ1n) is 7.31. The molecule has 4 nitrogen and oxygen atoms in total. The second kappa shape index (κ2) is 7.86. The number of hydrogen-bond donors (Lipinski definition) is 1. The lowest BCUT2D eigenvalue weighted by Crippen LogP contribution is -2.22. The number of methoxy groups -OCH3 is 1. The molecule has 21 heavy (non-hydrogen) atoms. The van der Waals surface area contributed by atoms with Crippen molar-refractivity contribution in [1.29, 1.82) is 0 Å². The predicted octanol–water partition coefficient (Wildman–Crippen LogP) is 2.54. The maximum atomic E-state index is 5.02. The molecule has 4 heteroatoms. The van der Waals surface area contributed by atoms with E-state index in [9.17, 15) is 0 Å². The Hall–Kier alpha value is -1.78. The van der Waals surface area contributed by atoms with Crippen LogP contribution in [0.4, 0.5) is 0 Å². The van der Waals surface area contributed by atoms with Crippen LogP contribution in [0, 0.1) is 13.8 Å². The zero-order valence-corrected chi connectivity index (χ0v) is 13.0. The summed E-state index contributed by atoms with van der Waals surface area (Å²) in [4.78, 5) is 9.31. The van der Waals surface area contributed by atoms with Crippen molar-refractivity contribution in [3.05, 3.63) is 47.3 Å². The van der Waals surface area contributed by atoms with Gasteiger partial charge in [-0.1, -0.05) is 30.3 Å². The summed E-state index contributed by atoms with van der Waals surface area (Å²) in [5, 5.41) is 3.35. The van der Waals surface area contributed by atoms with Gasteiger partial charge >= 0.3 is 0 Å². The Kier molecular flexibility index (Phi) is 5.84. The Morgan fingerprint density at radius 2 is 1.67 bits per heavy atom. The van der Waals surface area contributed by atoms with Crippen molar-refractivity contribution >= 4 is 0 Å². The molecule has 2 aromatic rings. The molecule has 0 aliphatic rings. The predicted molar refractivity (Wildman–Crippen MR) is 85.4 cm³/mol. The van der Waals surface area contributed by atoms with Crippen LogP contribution in [0.15, 0.2) is 30.3 Å². The molecule has 1 aromatic heterocycles. The van der Waals surface area contributed by atoms with Crippen LogP contribution < -0.4 is 5.32 Å². The Bertz CT molecular complexity index is 546. The van der Waals surface area contributed by atoms with Crippen molar-refractivity contribution in [3.8, 4) is 11.4 Å². The van der Waals surface area contributed by atoms with Gasteiger partial charge in [0.05, 0.1) is 6.61 Å². The van der Waals surface area contributed by atoms with E-state index in [1.807, 2.05) is 30.3 Å². The van der Waals surface area contributed by atoms with Gasteiger partial charge in [0.25, 0.3) is 0 Å². The third kappa shape index (κ3) is 4.34. The summed E-state index contributed by atoms with van der Waals surface area (Å²) in [6, 6.07) is 10.1. The molecule has 0 aliphatic carbocycles. The van der Waals surface area contributed by atoms with Gasteiger partial charge in [0.2, 0.25) is 0 Å². The molecule has 2 rings (SSSR count). The molecule has 1 heterocycles.